The predicted molar refractivity (Wildman–Crippen MR) is 119 cm³/mol. The van der Waals surface area contributed by atoms with Crippen LogP contribution in [0.5, 0.6) is 0 Å². The number of halogens is 1. The molecule has 0 saturated carbocycles. The standard InChI is InChI=1S/C26H24FNO4/c27-19-8-5-7-18(15-19)16-28(14-6-13-25(29)30)26(31)32-17-24-22-11-3-1-9-20(22)21-10-2-4-12-23(21)24/h1-5,7-12,15,24H,6,13-14,16-17H2,(H,29,30). The zero-order valence-electron chi connectivity index (χ0n) is 17.5. The average Bonchev–Trinajstić information content (AvgIpc) is 3.10. The van der Waals surface area contributed by atoms with E-state index in [4.69, 9.17) is 9.84 Å². The molecule has 3 aromatic carbocycles. The Hall–Kier alpha value is -3.67. The van der Waals surface area contributed by atoms with Gasteiger partial charge in [0.2, 0.25) is 0 Å². The summed E-state index contributed by atoms with van der Waals surface area (Å²) in [6.45, 7) is 0.527. The molecule has 0 atom stereocenters. The van der Waals surface area contributed by atoms with Crippen molar-refractivity contribution in [2.75, 3.05) is 13.2 Å². The molecule has 0 spiro atoms. The molecule has 0 aliphatic heterocycles. The first kappa shape index (κ1) is 21.6. The normalized spacial score (nSPS) is 12.2. The fourth-order valence-corrected chi connectivity index (χ4v) is 4.20. The number of amides is 1. The van der Waals surface area contributed by atoms with Crippen molar-refractivity contribution in [3.8, 4) is 11.1 Å². The molecule has 5 nitrogen and oxygen atoms in total. The van der Waals surface area contributed by atoms with E-state index in [1.54, 1.807) is 12.1 Å². The lowest BCUT2D eigenvalue weighted by Crippen LogP contribution is -2.33. The zero-order chi connectivity index (χ0) is 22.5. The highest BCUT2D eigenvalue weighted by Gasteiger charge is 2.29. The third-order valence-corrected chi connectivity index (χ3v) is 5.68. The number of aliphatic carboxylic acids is 1. The summed E-state index contributed by atoms with van der Waals surface area (Å²) in [6, 6.07) is 22.2. The van der Waals surface area contributed by atoms with E-state index in [2.05, 4.69) is 12.1 Å². The SMILES string of the molecule is O=C(O)CCCN(Cc1cccc(F)c1)C(=O)OCC1c2ccccc2-c2ccccc21. The minimum atomic E-state index is -0.928. The van der Waals surface area contributed by atoms with Crippen molar-refractivity contribution in [2.45, 2.75) is 25.3 Å². The highest BCUT2D eigenvalue weighted by Crippen LogP contribution is 2.44. The van der Waals surface area contributed by atoms with E-state index in [1.165, 1.54) is 17.0 Å². The van der Waals surface area contributed by atoms with Crippen LogP contribution in [0, 0.1) is 5.82 Å². The van der Waals surface area contributed by atoms with Crippen LogP contribution in [0.1, 0.15) is 35.4 Å². The minimum Gasteiger partial charge on any atom is -0.481 e. The summed E-state index contributed by atoms with van der Waals surface area (Å²) in [7, 11) is 0. The average molecular weight is 433 g/mol. The molecule has 0 bridgehead atoms. The Labute approximate surface area is 186 Å². The Kier molecular flexibility index (Phi) is 6.50. The van der Waals surface area contributed by atoms with Crippen LogP contribution in [0.3, 0.4) is 0 Å². The number of carboxylic acids is 1. The maximum Gasteiger partial charge on any atom is 0.410 e. The predicted octanol–water partition coefficient (Wildman–Crippen LogP) is 5.44. The molecule has 3 aromatic rings. The quantitative estimate of drug-likeness (QED) is 0.514. The molecule has 0 aromatic heterocycles. The molecule has 0 radical (unpaired) electrons. The van der Waals surface area contributed by atoms with Gasteiger partial charge in [-0.25, -0.2) is 9.18 Å². The lowest BCUT2D eigenvalue weighted by Gasteiger charge is -2.23. The van der Waals surface area contributed by atoms with Crippen molar-refractivity contribution < 1.29 is 23.8 Å². The van der Waals surface area contributed by atoms with Crippen molar-refractivity contribution in [3.05, 3.63) is 95.3 Å². The maximum absolute atomic E-state index is 13.6. The van der Waals surface area contributed by atoms with Crippen molar-refractivity contribution >= 4 is 12.1 Å². The fraction of sp³-hybridized carbons (Fsp3) is 0.231. The third-order valence-electron chi connectivity index (χ3n) is 5.68. The van der Waals surface area contributed by atoms with Gasteiger partial charge < -0.3 is 14.7 Å². The lowest BCUT2D eigenvalue weighted by molar-refractivity contribution is -0.137. The molecule has 1 aliphatic carbocycles. The molecule has 0 saturated heterocycles. The Bertz CT molecular complexity index is 1080. The molecule has 1 N–H and O–H groups in total. The van der Waals surface area contributed by atoms with Gasteiger partial charge >= 0.3 is 12.1 Å². The molecule has 0 fully saturated rings. The maximum atomic E-state index is 13.6. The summed E-state index contributed by atoms with van der Waals surface area (Å²) < 4.78 is 19.3. The van der Waals surface area contributed by atoms with Crippen LogP contribution in [-0.2, 0) is 16.1 Å². The number of hydrogen-bond acceptors (Lipinski definition) is 3. The number of carbonyl (C=O) groups excluding carboxylic acids is 1. The topological polar surface area (TPSA) is 66.8 Å². The summed E-state index contributed by atoms with van der Waals surface area (Å²) in [6.07, 6.45) is -0.313. The number of carboxylic acid groups (broad SMARTS) is 1. The van der Waals surface area contributed by atoms with Crippen molar-refractivity contribution in [1.29, 1.82) is 0 Å². The van der Waals surface area contributed by atoms with E-state index in [9.17, 15) is 14.0 Å². The Morgan fingerprint density at radius 1 is 0.938 bits per heavy atom. The van der Waals surface area contributed by atoms with Crippen LogP contribution in [0.15, 0.2) is 72.8 Å². The molecule has 6 heteroatoms. The zero-order valence-corrected chi connectivity index (χ0v) is 17.5. The van der Waals surface area contributed by atoms with Crippen LogP contribution in [0.4, 0.5) is 9.18 Å². The van der Waals surface area contributed by atoms with Crippen LogP contribution < -0.4 is 0 Å². The lowest BCUT2D eigenvalue weighted by atomic mass is 9.98. The van der Waals surface area contributed by atoms with Gasteiger partial charge in [-0.05, 0) is 46.4 Å². The van der Waals surface area contributed by atoms with Gasteiger partial charge in [-0.2, -0.15) is 0 Å². The second-order valence-corrected chi connectivity index (χ2v) is 7.85. The van der Waals surface area contributed by atoms with E-state index in [0.29, 0.717) is 5.56 Å². The van der Waals surface area contributed by atoms with Gasteiger partial charge in [0.15, 0.2) is 0 Å². The largest absolute Gasteiger partial charge is 0.481 e. The molecule has 1 amide bonds. The number of rotatable bonds is 8. The van der Waals surface area contributed by atoms with Gasteiger partial charge in [-0.15, -0.1) is 0 Å². The Morgan fingerprint density at radius 2 is 1.59 bits per heavy atom. The summed E-state index contributed by atoms with van der Waals surface area (Å²) in [4.78, 5) is 25.3. The first-order chi connectivity index (χ1) is 15.5. The molecule has 0 unspecified atom stereocenters. The number of benzene rings is 3. The van der Waals surface area contributed by atoms with Crippen LogP contribution in [0.25, 0.3) is 11.1 Å². The van der Waals surface area contributed by atoms with Crippen molar-refractivity contribution in [1.82, 2.24) is 4.90 Å². The molecular weight excluding hydrogens is 409 g/mol. The summed E-state index contributed by atoms with van der Waals surface area (Å²) in [5, 5.41) is 8.94. The number of ether oxygens (including phenoxy) is 1. The van der Waals surface area contributed by atoms with Crippen LogP contribution >= 0.6 is 0 Å². The molecule has 1 aliphatic rings. The van der Waals surface area contributed by atoms with Crippen molar-refractivity contribution in [2.24, 2.45) is 0 Å². The smallest absolute Gasteiger partial charge is 0.410 e. The molecule has 4 rings (SSSR count). The van der Waals surface area contributed by atoms with Crippen LogP contribution in [0.2, 0.25) is 0 Å². The Morgan fingerprint density at radius 3 is 2.22 bits per heavy atom. The van der Waals surface area contributed by atoms with Gasteiger partial charge in [0.05, 0.1) is 0 Å². The van der Waals surface area contributed by atoms with Gasteiger partial charge in [0.1, 0.15) is 12.4 Å². The number of fused-ring (bicyclic) bond motifs is 3. The highest BCUT2D eigenvalue weighted by atomic mass is 19.1. The molecular formula is C26H24FNO4. The Balaban J connectivity index is 1.48. The van der Waals surface area contributed by atoms with E-state index in [-0.39, 0.29) is 44.3 Å². The van der Waals surface area contributed by atoms with Gasteiger partial charge in [-0.3, -0.25) is 4.79 Å². The number of nitrogens with zero attached hydrogens (tertiary/aromatic N) is 1. The second-order valence-electron chi connectivity index (χ2n) is 7.85. The molecule has 32 heavy (non-hydrogen) atoms. The summed E-state index contributed by atoms with van der Waals surface area (Å²) in [5.41, 5.74) is 5.13. The summed E-state index contributed by atoms with van der Waals surface area (Å²) in [5.74, 6) is -1.38. The van der Waals surface area contributed by atoms with Crippen molar-refractivity contribution in [3.63, 3.8) is 0 Å². The van der Waals surface area contributed by atoms with Gasteiger partial charge in [-0.1, -0.05) is 60.7 Å². The molecule has 164 valence electrons. The number of carbonyl (C=O) groups is 2. The fourth-order valence-electron chi connectivity index (χ4n) is 4.20. The first-order valence-electron chi connectivity index (χ1n) is 10.6. The van der Waals surface area contributed by atoms with E-state index >= 15 is 0 Å². The van der Waals surface area contributed by atoms with E-state index in [1.807, 2.05) is 36.4 Å². The minimum absolute atomic E-state index is 0.0592. The van der Waals surface area contributed by atoms with Crippen LogP contribution in [-0.4, -0.2) is 35.2 Å². The van der Waals surface area contributed by atoms with Gasteiger partial charge in [0.25, 0.3) is 0 Å². The van der Waals surface area contributed by atoms with Gasteiger partial charge in [0, 0.05) is 25.4 Å². The van der Waals surface area contributed by atoms with E-state index < -0.39 is 12.1 Å². The molecule has 0 heterocycles. The third kappa shape index (κ3) is 4.80. The summed E-state index contributed by atoms with van der Waals surface area (Å²) >= 11 is 0. The monoisotopic (exact) mass is 433 g/mol. The number of hydrogen-bond donors (Lipinski definition) is 1. The van der Waals surface area contributed by atoms with E-state index in [0.717, 1.165) is 22.3 Å². The second kappa shape index (κ2) is 9.64. The highest BCUT2D eigenvalue weighted by molar-refractivity contribution is 5.79. The first-order valence-corrected chi connectivity index (χ1v) is 10.6.